The van der Waals surface area contributed by atoms with Gasteiger partial charge in [0, 0.05) is 22.4 Å². The fourth-order valence-corrected chi connectivity index (χ4v) is 0. The molecule has 0 aromatic rings. The second-order valence-corrected chi connectivity index (χ2v) is 0. The minimum absolute atomic E-state index is 0. The predicted molar refractivity (Wildman–Crippen MR) is 31.8 cm³/mol. The van der Waals surface area contributed by atoms with Crippen molar-refractivity contribution < 1.29 is 22.4 Å². The standard InChI is InChI=1S/Au.3Na.H2S.3H/h;;;;1H2;;;. The monoisotopic (exact) mass is 303 g/mol. The molecule has 0 fully saturated rings. The Labute approximate surface area is 121 Å². The maximum absolute atomic E-state index is 0. The molecule has 0 aliphatic heterocycles. The van der Waals surface area contributed by atoms with Crippen LogP contribution in [0.1, 0.15) is 0 Å². The molecule has 0 aliphatic rings. The molecule has 0 saturated carbocycles. The van der Waals surface area contributed by atoms with Crippen molar-refractivity contribution in [1.29, 1.82) is 0 Å². The summed E-state index contributed by atoms with van der Waals surface area (Å²) >= 11 is 0. The summed E-state index contributed by atoms with van der Waals surface area (Å²) in [7, 11) is 0. The average Bonchev–Trinajstić information content (AvgIpc) is 0. The molecule has 0 aromatic heterocycles. The SMILES string of the molecule is S.[Au].[NaH].[NaH].[NaH]. The van der Waals surface area contributed by atoms with Gasteiger partial charge in [0.25, 0.3) is 0 Å². The van der Waals surface area contributed by atoms with E-state index in [2.05, 4.69) is 0 Å². The molecule has 5 heavy (non-hydrogen) atoms. The van der Waals surface area contributed by atoms with Crippen LogP contribution < -0.4 is 0 Å². The van der Waals surface area contributed by atoms with Crippen molar-refractivity contribution in [2.45, 2.75) is 0 Å². The van der Waals surface area contributed by atoms with Crippen LogP contribution in [0.2, 0.25) is 0 Å². The molecule has 0 aromatic carbocycles. The van der Waals surface area contributed by atoms with Gasteiger partial charge in [-0.1, -0.05) is 0 Å². The fraction of sp³-hybridized carbons (Fsp3) is 0. The van der Waals surface area contributed by atoms with Crippen LogP contribution in [-0.2, 0) is 22.4 Å². The third kappa shape index (κ3) is 17.9. The first-order valence-corrected chi connectivity index (χ1v) is 0. The zero-order valence-electron chi connectivity index (χ0n) is 0.802. The summed E-state index contributed by atoms with van der Waals surface area (Å²) in [5.41, 5.74) is 0. The van der Waals surface area contributed by atoms with Crippen molar-refractivity contribution >= 4 is 102 Å². The molecule has 0 heterocycles. The first-order chi connectivity index (χ1) is 0. The van der Waals surface area contributed by atoms with E-state index in [-0.39, 0.29) is 125 Å². The Kier molecular flexibility index (Phi) is 173. The topological polar surface area (TPSA) is 0 Å². The second kappa shape index (κ2) is 24.3. The zero-order chi connectivity index (χ0) is 0. The van der Waals surface area contributed by atoms with E-state index in [9.17, 15) is 0 Å². The first kappa shape index (κ1) is 35.6. The number of rotatable bonds is 0. The summed E-state index contributed by atoms with van der Waals surface area (Å²) < 4.78 is 0. The molecule has 0 spiro atoms. The van der Waals surface area contributed by atoms with Crippen LogP contribution in [0, 0.1) is 0 Å². The Bertz CT molecular complexity index is 6.85. The van der Waals surface area contributed by atoms with E-state index < -0.39 is 0 Å². The zero-order valence-corrected chi connectivity index (χ0v) is 3.97. The number of hydrogen-bond donors (Lipinski definition) is 0. The Balaban J connectivity index is 0. The quantitative estimate of drug-likeness (QED) is 0.462. The molecule has 0 saturated heterocycles. The molecular weight excluding hydrogens is 298 g/mol. The Morgan fingerprint density at radius 2 is 0.600 bits per heavy atom. The van der Waals surface area contributed by atoms with Gasteiger partial charge < -0.3 is 0 Å². The Morgan fingerprint density at radius 1 is 0.600 bits per heavy atom. The summed E-state index contributed by atoms with van der Waals surface area (Å²) in [4.78, 5) is 0. The van der Waals surface area contributed by atoms with Gasteiger partial charge in [-0.15, -0.1) is 0 Å². The van der Waals surface area contributed by atoms with E-state index >= 15 is 0 Å². The van der Waals surface area contributed by atoms with E-state index in [1.165, 1.54) is 0 Å². The normalized spacial score (nSPS) is 0. The molecule has 5 heteroatoms. The van der Waals surface area contributed by atoms with E-state index in [0.717, 1.165) is 0 Å². The van der Waals surface area contributed by atoms with Gasteiger partial charge in [-0.3, -0.25) is 0 Å². The van der Waals surface area contributed by atoms with Crippen LogP contribution >= 0.6 is 13.5 Å². The van der Waals surface area contributed by atoms with Crippen molar-refractivity contribution in [3.8, 4) is 0 Å². The van der Waals surface area contributed by atoms with Crippen LogP contribution in [0.25, 0.3) is 0 Å². The first-order valence-electron chi connectivity index (χ1n) is 0. The van der Waals surface area contributed by atoms with Crippen LogP contribution in [-0.4, -0.2) is 88.7 Å². The number of hydrogen-bond acceptors (Lipinski definition) is 0. The van der Waals surface area contributed by atoms with Gasteiger partial charge in [0.05, 0.1) is 0 Å². The molecule has 0 bridgehead atoms. The molecule has 25 valence electrons. The van der Waals surface area contributed by atoms with E-state index in [1.54, 1.807) is 0 Å². The summed E-state index contributed by atoms with van der Waals surface area (Å²) in [5, 5.41) is 0. The van der Waals surface area contributed by atoms with E-state index in [0.29, 0.717) is 0 Å². The molecule has 0 atom stereocenters. The molecule has 1 radical (unpaired) electrons. The summed E-state index contributed by atoms with van der Waals surface area (Å²) in [6.07, 6.45) is 0. The van der Waals surface area contributed by atoms with Gasteiger partial charge in [0.1, 0.15) is 0 Å². The molecule has 0 nitrogen and oxygen atoms in total. The Morgan fingerprint density at radius 3 is 0.600 bits per heavy atom. The summed E-state index contributed by atoms with van der Waals surface area (Å²) in [6.45, 7) is 0. The van der Waals surface area contributed by atoms with Gasteiger partial charge >= 0.3 is 88.7 Å². The maximum atomic E-state index is 0. The second-order valence-electron chi connectivity index (χ2n) is 0. The van der Waals surface area contributed by atoms with Crippen LogP contribution in [0.3, 0.4) is 0 Å². The van der Waals surface area contributed by atoms with Crippen molar-refractivity contribution in [2.75, 3.05) is 0 Å². The van der Waals surface area contributed by atoms with Crippen molar-refractivity contribution in [1.82, 2.24) is 0 Å². The van der Waals surface area contributed by atoms with E-state index in [1.807, 2.05) is 0 Å². The fourth-order valence-electron chi connectivity index (χ4n) is 0. The van der Waals surface area contributed by atoms with Gasteiger partial charge in [-0.2, -0.15) is 13.5 Å². The Hall–Kier alpha value is 4.09. The molecule has 0 N–H and O–H groups in total. The summed E-state index contributed by atoms with van der Waals surface area (Å²) in [6, 6.07) is 0. The van der Waals surface area contributed by atoms with Gasteiger partial charge in [-0.05, 0) is 0 Å². The molecule has 0 unspecified atom stereocenters. The van der Waals surface area contributed by atoms with Gasteiger partial charge in [0.15, 0.2) is 0 Å². The third-order valence-corrected chi connectivity index (χ3v) is 0. The van der Waals surface area contributed by atoms with Crippen LogP contribution in [0.4, 0.5) is 0 Å². The van der Waals surface area contributed by atoms with Crippen LogP contribution in [0.15, 0.2) is 0 Å². The molecule has 0 rings (SSSR count). The van der Waals surface area contributed by atoms with Crippen molar-refractivity contribution in [3.63, 3.8) is 0 Å². The third-order valence-electron chi connectivity index (χ3n) is 0. The van der Waals surface area contributed by atoms with Crippen molar-refractivity contribution in [3.05, 3.63) is 0 Å². The average molecular weight is 303 g/mol. The van der Waals surface area contributed by atoms with E-state index in [4.69, 9.17) is 0 Å². The molecule has 0 amide bonds. The van der Waals surface area contributed by atoms with Gasteiger partial charge in [-0.25, -0.2) is 0 Å². The molecule has 0 aliphatic carbocycles. The van der Waals surface area contributed by atoms with Crippen LogP contribution in [0.5, 0.6) is 0 Å². The summed E-state index contributed by atoms with van der Waals surface area (Å²) in [5.74, 6) is 0. The predicted octanol–water partition coefficient (Wildman–Crippen LogP) is -1.84. The molecular formula is H5AuNa3S. The van der Waals surface area contributed by atoms with Crippen molar-refractivity contribution in [2.24, 2.45) is 0 Å². The van der Waals surface area contributed by atoms with Gasteiger partial charge in [0.2, 0.25) is 0 Å². The minimum atomic E-state index is 0.